The SMILES string of the molecule is CC(CC(C)(C)C(=O)OCC[N+](C)(C)CCCS(=O)(=O)O)c1ccccc1. The normalized spacial score (nSPS) is 14.0. The summed E-state index contributed by atoms with van der Waals surface area (Å²) in [7, 11) is -0.0400. The molecule has 7 heteroatoms. The minimum atomic E-state index is -3.93. The molecular formula is C20H34NO5S+. The van der Waals surface area contributed by atoms with Gasteiger partial charge in [-0.1, -0.05) is 37.3 Å². The summed E-state index contributed by atoms with van der Waals surface area (Å²) in [5, 5.41) is 0. The van der Waals surface area contributed by atoms with Crippen LogP contribution < -0.4 is 0 Å². The molecule has 0 heterocycles. The van der Waals surface area contributed by atoms with E-state index in [9.17, 15) is 13.2 Å². The monoisotopic (exact) mass is 400 g/mol. The van der Waals surface area contributed by atoms with Crippen LogP contribution in [0.2, 0.25) is 0 Å². The number of hydrogen-bond acceptors (Lipinski definition) is 4. The van der Waals surface area contributed by atoms with Gasteiger partial charge in [0, 0.05) is 6.42 Å². The van der Waals surface area contributed by atoms with Crippen LogP contribution in [0.4, 0.5) is 0 Å². The quantitative estimate of drug-likeness (QED) is 0.351. The molecule has 0 saturated heterocycles. The fourth-order valence-corrected chi connectivity index (χ4v) is 3.61. The lowest BCUT2D eigenvalue weighted by molar-refractivity contribution is -0.890. The molecule has 0 fully saturated rings. The number of likely N-dealkylation sites (N-methyl/N-ethyl adjacent to an activating group) is 1. The van der Waals surface area contributed by atoms with Crippen molar-refractivity contribution in [1.29, 1.82) is 0 Å². The van der Waals surface area contributed by atoms with Gasteiger partial charge >= 0.3 is 5.97 Å². The van der Waals surface area contributed by atoms with Crippen LogP contribution in [-0.4, -0.2) is 63.0 Å². The first-order chi connectivity index (χ1) is 12.3. The standard InChI is InChI=1S/C20H33NO5S/c1-17(18-10-7-6-8-11-18)16-20(2,3)19(22)26-14-13-21(4,5)12-9-15-27(23,24)25/h6-8,10-11,17H,9,12-16H2,1-5H3/p+1. The van der Waals surface area contributed by atoms with E-state index in [4.69, 9.17) is 9.29 Å². The van der Waals surface area contributed by atoms with Crippen molar-refractivity contribution < 1.29 is 27.0 Å². The summed E-state index contributed by atoms with van der Waals surface area (Å²) < 4.78 is 36.4. The lowest BCUT2D eigenvalue weighted by atomic mass is 9.81. The number of esters is 1. The molecule has 1 atom stereocenters. The van der Waals surface area contributed by atoms with Gasteiger partial charge in [-0.25, -0.2) is 0 Å². The first-order valence-electron chi connectivity index (χ1n) is 9.32. The third-order valence-corrected chi connectivity index (χ3v) is 5.64. The minimum absolute atomic E-state index is 0.219. The van der Waals surface area contributed by atoms with Gasteiger partial charge in [-0.05, 0) is 31.7 Å². The summed E-state index contributed by atoms with van der Waals surface area (Å²) in [4.78, 5) is 12.5. The fourth-order valence-electron chi connectivity index (χ4n) is 3.12. The van der Waals surface area contributed by atoms with E-state index < -0.39 is 15.5 Å². The molecule has 27 heavy (non-hydrogen) atoms. The van der Waals surface area contributed by atoms with E-state index in [0.717, 1.165) is 0 Å². The summed E-state index contributed by atoms with van der Waals surface area (Å²) in [6.07, 6.45) is 1.06. The van der Waals surface area contributed by atoms with Crippen LogP contribution in [-0.2, 0) is 19.6 Å². The first kappa shape index (κ1) is 23.6. The van der Waals surface area contributed by atoms with Gasteiger partial charge in [0.1, 0.15) is 13.2 Å². The Kier molecular flexibility index (Phi) is 8.45. The van der Waals surface area contributed by atoms with Gasteiger partial charge in [-0.3, -0.25) is 9.35 Å². The minimum Gasteiger partial charge on any atom is -0.459 e. The zero-order chi connectivity index (χ0) is 20.7. The number of nitrogens with zero attached hydrogens (tertiary/aromatic N) is 1. The van der Waals surface area contributed by atoms with Crippen molar-refractivity contribution in [3.8, 4) is 0 Å². The molecule has 1 rings (SSSR count). The number of benzene rings is 1. The second-order valence-electron chi connectivity index (χ2n) is 8.56. The Balaban J connectivity index is 2.45. The second kappa shape index (κ2) is 9.66. The molecule has 1 aromatic rings. The Bertz CT molecular complexity index is 698. The van der Waals surface area contributed by atoms with Crippen LogP contribution in [0.25, 0.3) is 0 Å². The highest BCUT2D eigenvalue weighted by Crippen LogP contribution is 2.32. The molecule has 0 radical (unpaired) electrons. The summed E-state index contributed by atoms with van der Waals surface area (Å²) in [6.45, 7) is 7.36. The van der Waals surface area contributed by atoms with E-state index in [1.807, 2.05) is 46.1 Å². The molecule has 6 nitrogen and oxygen atoms in total. The van der Waals surface area contributed by atoms with Crippen molar-refractivity contribution in [1.82, 2.24) is 0 Å². The first-order valence-corrected chi connectivity index (χ1v) is 10.9. The molecule has 1 N–H and O–H groups in total. The summed E-state index contributed by atoms with van der Waals surface area (Å²) in [5.41, 5.74) is 0.618. The molecular weight excluding hydrogens is 366 g/mol. The zero-order valence-electron chi connectivity index (χ0n) is 17.1. The number of rotatable bonds is 11. The summed E-state index contributed by atoms with van der Waals surface area (Å²) in [6, 6.07) is 10.1. The summed E-state index contributed by atoms with van der Waals surface area (Å²) >= 11 is 0. The topological polar surface area (TPSA) is 80.7 Å². The van der Waals surface area contributed by atoms with Crippen LogP contribution in [0, 0.1) is 5.41 Å². The molecule has 1 unspecified atom stereocenters. The lowest BCUT2D eigenvalue weighted by Gasteiger charge is -2.31. The maximum absolute atomic E-state index is 12.5. The molecule has 154 valence electrons. The lowest BCUT2D eigenvalue weighted by Crippen LogP contribution is -2.44. The van der Waals surface area contributed by atoms with Crippen LogP contribution in [0.1, 0.15) is 45.1 Å². The van der Waals surface area contributed by atoms with Crippen molar-refractivity contribution in [3.63, 3.8) is 0 Å². The average Bonchev–Trinajstić information content (AvgIpc) is 2.53. The van der Waals surface area contributed by atoms with E-state index in [-0.39, 0.29) is 24.2 Å². The van der Waals surface area contributed by atoms with E-state index in [1.165, 1.54) is 5.56 Å². The third kappa shape index (κ3) is 9.35. The van der Waals surface area contributed by atoms with Crippen LogP contribution >= 0.6 is 0 Å². The Labute approximate surface area is 163 Å². The molecule has 0 amide bonds. The van der Waals surface area contributed by atoms with Gasteiger partial charge in [0.2, 0.25) is 0 Å². The van der Waals surface area contributed by atoms with Gasteiger partial charge in [0.05, 0.1) is 31.8 Å². The number of ether oxygens (including phenoxy) is 1. The molecule has 0 aromatic heterocycles. The van der Waals surface area contributed by atoms with Crippen molar-refractivity contribution in [2.45, 2.75) is 39.5 Å². The fraction of sp³-hybridized carbons (Fsp3) is 0.650. The van der Waals surface area contributed by atoms with Gasteiger partial charge in [-0.2, -0.15) is 8.42 Å². The number of hydrogen-bond donors (Lipinski definition) is 1. The molecule has 0 aliphatic rings. The smallest absolute Gasteiger partial charge is 0.311 e. The van der Waals surface area contributed by atoms with Gasteiger partial charge in [-0.15, -0.1) is 0 Å². The zero-order valence-corrected chi connectivity index (χ0v) is 18.0. The van der Waals surface area contributed by atoms with E-state index >= 15 is 0 Å². The highest BCUT2D eigenvalue weighted by molar-refractivity contribution is 7.85. The Morgan fingerprint density at radius 2 is 1.78 bits per heavy atom. The van der Waals surface area contributed by atoms with Crippen molar-refractivity contribution in [2.24, 2.45) is 5.41 Å². The third-order valence-electron chi connectivity index (χ3n) is 4.83. The van der Waals surface area contributed by atoms with Crippen LogP contribution in [0.5, 0.6) is 0 Å². The van der Waals surface area contributed by atoms with Crippen molar-refractivity contribution in [2.75, 3.05) is 39.5 Å². The Morgan fingerprint density at radius 3 is 2.33 bits per heavy atom. The van der Waals surface area contributed by atoms with Crippen LogP contribution in [0.15, 0.2) is 30.3 Å². The molecule has 1 aromatic carbocycles. The predicted octanol–water partition coefficient (Wildman–Crippen LogP) is 3.10. The molecule has 0 spiro atoms. The molecule has 0 aliphatic carbocycles. The van der Waals surface area contributed by atoms with Crippen molar-refractivity contribution >= 4 is 16.1 Å². The largest absolute Gasteiger partial charge is 0.459 e. The maximum Gasteiger partial charge on any atom is 0.311 e. The molecule has 0 bridgehead atoms. The highest BCUT2D eigenvalue weighted by Gasteiger charge is 2.32. The van der Waals surface area contributed by atoms with Crippen LogP contribution in [0.3, 0.4) is 0 Å². The average molecular weight is 401 g/mol. The van der Waals surface area contributed by atoms with Gasteiger partial charge in [0.25, 0.3) is 10.1 Å². The second-order valence-corrected chi connectivity index (χ2v) is 10.1. The molecule has 0 saturated carbocycles. The van der Waals surface area contributed by atoms with Crippen molar-refractivity contribution in [3.05, 3.63) is 35.9 Å². The van der Waals surface area contributed by atoms with E-state index in [1.54, 1.807) is 0 Å². The maximum atomic E-state index is 12.5. The number of carbonyl (C=O) groups excluding carboxylic acids is 1. The Morgan fingerprint density at radius 1 is 1.19 bits per heavy atom. The highest BCUT2D eigenvalue weighted by atomic mass is 32.2. The molecule has 0 aliphatic heterocycles. The Hall–Kier alpha value is -1.44. The number of quaternary nitrogens is 1. The summed E-state index contributed by atoms with van der Waals surface area (Å²) in [5.74, 6) is -0.219. The van der Waals surface area contributed by atoms with Gasteiger partial charge in [0.15, 0.2) is 0 Å². The van der Waals surface area contributed by atoms with E-state index in [0.29, 0.717) is 30.4 Å². The predicted molar refractivity (Wildman–Crippen MR) is 107 cm³/mol. The van der Waals surface area contributed by atoms with Gasteiger partial charge < -0.3 is 9.22 Å². The van der Waals surface area contributed by atoms with E-state index in [2.05, 4.69) is 19.1 Å². The number of carbonyl (C=O) groups is 1.